The number of imidazole rings is 1. The van der Waals surface area contributed by atoms with Crippen LogP contribution in [0.4, 0.5) is 4.79 Å². The van der Waals surface area contributed by atoms with Gasteiger partial charge in [-0.3, -0.25) is 0 Å². The molecule has 1 fully saturated rings. The maximum Gasteiger partial charge on any atom is 0.320 e. The van der Waals surface area contributed by atoms with Crippen LogP contribution in [0.25, 0.3) is 0 Å². The van der Waals surface area contributed by atoms with Crippen LogP contribution in [0.1, 0.15) is 64.5 Å². The smallest absolute Gasteiger partial charge is 0.320 e. The summed E-state index contributed by atoms with van der Waals surface area (Å²) in [5.41, 5.74) is 1.22. The minimum atomic E-state index is 0.209. The summed E-state index contributed by atoms with van der Waals surface area (Å²) in [5, 5.41) is 0. The van der Waals surface area contributed by atoms with Crippen molar-refractivity contribution in [3.8, 4) is 0 Å². The molecule has 1 aliphatic rings. The first-order valence-electron chi connectivity index (χ1n) is 9.07. The quantitative estimate of drug-likeness (QED) is 0.803. The molecule has 5 heteroatoms. The minimum absolute atomic E-state index is 0.209. The lowest BCUT2D eigenvalue weighted by molar-refractivity contribution is 0.150. The molecule has 0 aliphatic carbocycles. The first-order valence-corrected chi connectivity index (χ1v) is 9.07. The molecule has 5 nitrogen and oxygen atoms in total. The molecule has 1 aromatic rings. The van der Waals surface area contributed by atoms with Gasteiger partial charge in [-0.05, 0) is 53.9 Å². The summed E-state index contributed by atoms with van der Waals surface area (Å²) in [6.45, 7) is 13.1. The molecule has 0 spiro atoms. The zero-order valence-corrected chi connectivity index (χ0v) is 15.4. The summed E-state index contributed by atoms with van der Waals surface area (Å²) >= 11 is 0. The first kappa shape index (κ1) is 17.8. The van der Waals surface area contributed by atoms with Gasteiger partial charge in [0.05, 0.1) is 0 Å². The van der Waals surface area contributed by atoms with Crippen LogP contribution in [0.3, 0.4) is 0 Å². The maximum atomic E-state index is 12.6. The molecule has 2 amide bonds. The number of amides is 2. The number of rotatable bonds is 6. The van der Waals surface area contributed by atoms with Crippen molar-refractivity contribution in [2.24, 2.45) is 0 Å². The van der Waals surface area contributed by atoms with Gasteiger partial charge in [0, 0.05) is 50.0 Å². The summed E-state index contributed by atoms with van der Waals surface area (Å²) < 4.78 is 2.31. The number of likely N-dealkylation sites (tertiary alicyclic amines) is 1. The van der Waals surface area contributed by atoms with E-state index in [9.17, 15) is 4.79 Å². The Morgan fingerprint density at radius 1 is 1.39 bits per heavy atom. The molecule has 0 N–H and O–H groups in total. The van der Waals surface area contributed by atoms with Gasteiger partial charge in [-0.25, -0.2) is 9.78 Å². The van der Waals surface area contributed by atoms with E-state index < -0.39 is 0 Å². The third-order valence-corrected chi connectivity index (χ3v) is 4.93. The Morgan fingerprint density at radius 2 is 2.09 bits per heavy atom. The van der Waals surface area contributed by atoms with E-state index >= 15 is 0 Å². The third kappa shape index (κ3) is 3.88. The fourth-order valence-corrected chi connectivity index (χ4v) is 3.75. The largest absolute Gasteiger partial charge is 0.330 e. The number of urea groups is 1. The predicted octanol–water partition coefficient (Wildman–Crippen LogP) is 3.63. The molecular formula is C18H32N4O. The van der Waals surface area contributed by atoms with Crippen molar-refractivity contribution in [1.82, 2.24) is 19.4 Å². The van der Waals surface area contributed by atoms with E-state index in [1.54, 1.807) is 0 Å². The molecule has 1 aliphatic heterocycles. The van der Waals surface area contributed by atoms with Gasteiger partial charge >= 0.3 is 6.03 Å². The Kier molecular flexibility index (Phi) is 6.08. The summed E-state index contributed by atoms with van der Waals surface area (Å²) in [6, 6.07) is 1.01. The van der Waals surface area contributed by atoms with Crippen molar-refractivity contribution >= 4 is 6.03 Å². The second-order valence-electron chi connectivity index (χ2n) is 6.76. The number of hydrogen-bond donors (Lipinski definition) is 0. The summed E-state index contributed by atoms with van der Waals surface area (Å²) in [6.07, 6.45) is 6.15. The van der Waals surface area contributed by atoms with Crippen LogP contribution in [0.2, 0.25) is 0 Å². The van der Waals surface area contributed by atoms with E-state index in [0.717, 1.165) is 51.1 Å². The number of hydrogen-bond acceptors (Lipinski definition) is 2. The van der Waals surface area contributed by atoms with Crippen LogP contribution >= 0.6 is 0 Å². The highest BCUT2D eigenvalue weighted by molar-refractivity contribution is 5.75. The van der Waals surface area contributed by atoms with Crippen LogP contribution < -0.4 is 0 Å². The van der Waals surface area contributed by atoms with Gasteiger partial charge in [0.1, 0.15) is 5.82 Å². The molecule has 2 rings (SSSR count). The van der Waals surface area contributed by atoms with E-state index in [-0.39, 0.29) is 6.03 Å². The van der Waals surface area contributed by atoms with Crippen molar-refractivity contribution in [3.63, 3.8) is 0 Å². The summed E-state index contributed by atoms with van der Waals surface area (Å²) in [7, 11) is 0. The molecule has 2 heterocycles. The number of carbonyl (C=O) groups is 1. The molecule has 1 saturated heterocycles. The van der Waals surface area contributed by atoms with Gasteiger partial charge in [0.15, 0.2) is 0 Å². The van der Waals surface area contributed by atoms with Crippen molar-refractivity contribution in [1.29, 1.82) is 0 Å². The molecule has 1 atom stereocenters. The molecule has 23 heavy (non-hydrogen) atoms. The Morgan fingerprint density at radius 3 is 2.70 bits per heavy atom. The second-order valence-corrected chi connectivity index (χ2v) is 6.76. The first-order chi connectivity index (χ1) is 11.0. The SMILES string of the molecule is CCN(CC)C(=O)N1CCC[C@@H]1CCc1ncc(C)n1C(C)C. The van der Waals surface area contributed by atoms with Gasteiger partial charge in [-0.1, -0.05) is 0 Å². The van der Waals surface area contributed by atoms with Gasteiger partial charge < -0.3 is 14.4 Å². The van der Waals surface area contributed by atoms with E-state index in [1.165, 1.54) is 5.69 Å². The standard InChI is InChI=1S/C18H32N4O/c1-6-20(7-2)18(23)21-12-8-9-16(21)10-11-17-19-13-15(5)22(17)14(3)4/h13-14,16H,6-12H2,1-5H3/t16-/m1/s1. The van der Waals surface area contributed by atoms with Crippen molar-refractivity contribution in [2.75, 3.05) is 19.6 Å². The highest BCUT2D eigenvalue weighted by atomic mass is 16.2. The highest BCUT2D eigenvalue weighted by Crippen LogP contribution is 2.24. The topological polar surface area (TPSA) is 41.4 Å². The molecule has 0 bridgehead atoms. The molecular weight excluding hydrogens is 288 g/mol. The van der Waals surface area contributed by atoms with E-state index in [0.29, 0.717) is 12.1 Å². The lowest BCUT2D eigenvalue weighted by Crippen LogP contribution is -2.45. The average Bonchev–Trinajstić information content (AvgIpc) is 3.12. The van der Waals surface area contributed by atoms with Crippen LogP contribution in [0, 0.1) is 6.92 Å². The lowest BCUT2D eigenvalue weighted by Gasteiger charge is -2.30. The van der Waals surface area contributed by atoms with Gasteiger partial charge in [-0.15, -0.1) is 0 Å². The monoisotopic (exact) mass is 320 g/mol. The third-order valence-electron chi connectivity index (χ3n) is 4.93. The number of aromatic nitrogens is 2. The molecule has 130 valence electrons. The molecule has 0 aromatic carbocycles. The van der Waals surface area contributed by atoms with Crippen LogP contribution in [-0.4, -0.2) is 51.1 Å². The Labute approximate surface area is 140 Å². The van der Waals surface area contributed by atoms with E-state index in [4.69, 9.17) is 0 Å². The number of carbonyl (C=O) groups excluding carboxylic acids is 1. The number of aryl methyl sites for hydroxylation is 2. The lowest BCUT2D eigenvalue weighted by atomic mass is 10.1. The maximum absolute atomic E-state index is 12.6. The Balaban J connectivity index is 2.01. The average molecular weight is 320 g/mol. The molecule has 0 saturated carbocycles. The van der Waals surface area contributed by atoms with E-state index in [1.807, 2.05) is 11.1 Å². The van der Waals surface area contributed by atoms with E-state index in [2.05, 4.69) is 49.1 Å². The number of nitrogens with zero attached hydrogens (tertiary/aromatic N) is 4. The molecule has 1 aromatic heterocycles. The zero-order chi connectivity index (χ0) is 17.0. The zero-order valence-electron chi connectivity index (χ0n) is 15.4. The van der Waals surface area contributed by atoms with Gasteiger partial charge in [-0.2, -0.15) is 0 Å². The normalized spacial score (nSPS) is 18.0. The highest BCUT2D eigenvalue weighted by Gasteiger charge is 2.30. The molecule has 0 radical (unpaired) electrons. The van der Waals surface area contributed by atoms with Crippen molar-refractivity contribution < 1.29 is 4.79 Å². The Hall–Kier alpha value is -1.52. The second kappa shape index (κ2) is 7.84. The summed E-state index contributed by atoms with van der Waals surface area (Å²) in [4.78, 5) is 21.2. The predicted molar refractivity (Wildman–Crippen MR) is 93.7 cm³/mol. The fraction of sp³-hybridized carbons (Fsp3) is 0.778. The molecule has 0 unspecified atom stereocenters. The van der Waals surface area contributed by atoms with Crippen molar-refractivity contribution in [3.05, 3.63) is 17.7 Å². The van der Waals surface area contributed by atoms with Crippen LogP contribution in [0.15, 0.2) is 6.20 Å². The summed E-state index contributed by atoms with van der Waals surface area (Å²) in [5.74, 6) is 1.15. The van der Waals surface area contributed by atoms with Crippen molar-refractivity contribution in [2.45, 2.75) is 72.4 Å². The van der Waals surface area contributed by atoms with Crippen LogP contribution in [0.5, 0.6) is 0 Å². The van der Waals surface area contributed by atoms with Gasteiger partial charge in [0.25, 0.3) is 0 Å². The van der Waals surface area contributed by atoms with Gasteiger partial charge in [0.2, 0.25) is 0 Å². The van der Waals surface area contributed by atoms with Crippen LogP contribution in [-0.2, 0) is 6.42 Å². The Bertz CT molecular complexity index is 519. The fourth-order valence-electron chi connectivity index (χ4n) is 3.75. The minimum Gasteiger partial charge on any atom is -0.330 e.